The van der Waals surface area contributed by atoms with Crippen molar-refractivity contribution in [3.63, 3.8) is 0 Å². The molecule has 0 radical (unpaired) electrons. The van der Waals surface area contributed by atoms with Crippen LogP contribution >= 0.6 is 7.60 Å². The Morgan fingerprint density at radius 2 is 1.93 bits per heavy atom. The van der Waals surface area contributed by atoms with Gasteiger partial charge in [0, 0.05) is 0 Å². The van der Waals surface area contributed by atoms with Crippen LogP contribution < -0.4 is 0 Å². The summed E-state index contributed by atoms with van der Waals surface area (Å²) in [4.78, 5) is 0. The van der Waals surface area contributed by atoms with Crippen molar-refractivity contribution in [1.29, 1.82) is 0 Å². The molecule has 0 aromatic carbocycles. The molecule has 0 aliphatic heterocycles. The van der Waals surface area contributed by atoms with Crippen LogP contribution in [0, 0.1) is 0 Å². The van der Waals surface area contributed by atoms with Crippen molar-refractivity contribution in [1.82, 2.24) is 0 Å². The molecule has 0 aliphatic carbocycles. The molecule has 5 heteroatoms. The van der Waals surface area contributed by atoms with Crippen molar-refractivity contribution in [3.8, 4) is 0 Å². The van der Waals surface area contributed by atoms with Gasteiger partial charge in [-0.1, -0.05) is 0 Å². The van der Waals surface area contributed by atoms with Gasteiger partial charge in [0.2, 0.25) is 0 Å². The van der Waals surface area contributed by atoms with Gasteiger partial charge < -0.3 is 0 Å². The molecule has 0 bridgehead atoms. The van der Waals surface area contributed by atoms with Crippen LogP contribution in [0.15, 0.2) is 12.7 Å². The van der Waals surface area contributed by atoms with Gasteiger partial charge in [-0.3, -0.25) is 0 Å². The van der Waals surface area contributed by atoms with Gasteiger partial charge in [-0.25, -0.2) is 0 Å². The van der Waals surface area contributed by atoms with Gasteiger partial charge in [0.25, 0.3) is 0 Å². The zero-order valence-electron chi connectivity index (χ0n) is 9.77. The predicted octanol–water partition coefficient (Wildman–Crippen LogP) is 3.30. The number of hydrogen-bond donors (Lipinski definition) is 0. The van der Waals surface area contributed by atoms with E-state index in [4.69, 9.17) is 9.05 Å². The second-order valence-electron chi connectivity index (χ2n) is 2.93. The molecule has 0 saturated carbocycles. The monoisotopic (exact) mass is 300 g/mol. The number of allylic oxidation sites excluding steroid dienone is 1. The molecule has 0 amide bonds. The van der Waals surface area contributed by atoms with Crippen molar-refractivity contribution in [2.24, 2.45) is 0 Å². The predicted molar refractivity (Wildman–Crippen MR) is 65.7 cm³/mol. The first-order chi connectivity index (χ1) is 7.14. The maximum atomic E-state index is 12.4. The first-order valence-electron chi connectivity index (χ1n) is 5.17. The van der Waals surface area contributed by atoms with Crippen molar-refractivity contribution < 1.29 is 13.6 Å². The second kappa shape index (κ2) is 8.55. The fraction of sp³-hybridized carbons (Fsp3) is 0.800. The van der Waals surface area contributed by atoms with E-state index in [2.05, 4.69) is 12.4 Å². The van der Waals surface area contributed by atoms with E-state index in [-0.39, 0.29) is 19.5 Å². The summed E-state index contributed by atoms with van der Waals surface area (Å²) in [6.45, 7) is 8.25. The fourth-order valence-electron chi connectivity index (χ4n) is 1.23. The van der Waals surface area contributed by atoms with Crippen molar-refractivity contribution in [3.05, 3.63) is 12.7 Å². The Bertz CT molecular complexity index is 211. The Morgan fingerprint density at radius 1 is 1.40 bits per heavy atom. The summed E-state index contributed by atoms with van der Waals surface area (Å²) < 4.78 is 23.1. The van der Waals surface area contributed by atoms with E-state index in [1.807, 2.05) is 19.9 Å². The molecule has 15 heavy (non-hydrogen) atoms. The van der Waals surface area contributed by atoms with Crippen molar-refractivity contribution in [2.45, 2.75) is 37.1 Å². The van der Waals surface area contributed by atoms with Gasteiger partial charge in [0.15, 0.2) is 0 Å². The minimum absolute atomic E-state index is 0.0582. The van der Waals surface area contributed by atoms with E-state index in [0.717, 1.165) is 12.8 Å². The molecule has 0 aromatic heterocycles. The van der Waals surface area contributed by atoms with E-state index >= 15 is 0 Å². The Labute approximate surface area is 99.3 Å². The van der Waals surface area contributed by atoms with Crippen LogP contribution in [0.1, 0.15) is 26.7 Å². The van der Waals surface area contributed by atoms with Crippen LogP contribution in [0.25, 0.3) is 0 Å². The molecule has 0 saturated heterocycles. The molecular formula is C10H21O3PSe. The molecule has 0 rings (SSSR count). The summed E-state index contributed by atoms with van der Waals surface area (Å²) >= 11 is 0.267. The third-order valence-electron chi connectivity index (χ3n) is 1.86. The Morgan fingerprint density at radius 3 is 2.27 bits per heavy atom. The molecule has 90 valence electrons. The van der Waals surface area contributed by atoms with Crippen LogP contribution in [0.2, 0.25) is 5.82 Å². The van der Waals surface area contributed by atoms with Gasteiger partial charge in [0.1, 0.15) is 0 Å². The first-order valence-corrected chi connectivity index (χ1v) is 9.48. The summed E-state index contributed by atoms with van der Waals surface area (Å²) in [5, 5.41) is 0. The van der Waals surface area contributed by atoms with Gasteiger partial charge >= 0.3 is 99.1 Å². The molecular weight excluding hydrogens is 278 g/mol. The van der Waals surface area contributed by atoms with Crippen LogP contribution in [0.5, 0.6) is 0 Å². The van der Waals surface area contributed by atoms with Crippen LogP contribution in [-0.2, 0) is 13.6 Å². The molecule has 3 nitrogen and oxygen atoms in total. The van der Waals surface area contributed by atoms with E-state index in [0.29, 0.717) is 13.2 Å². The van der Waals surface area contributed by atoms with E-state index in [9.17, 15) is 4.57 Å². The maximum absolute atomic E-state index is 12.4. The quantitative estimate of drug-likeness (QED) is 0.372. The Hall–Kier alpha value is 0.409. The molecule has 1 atom stereocenters. The van der Waals surface area contributed by atoms with Crippen LogP contribution in [0.3, 0.4) is 0 Å². The van der Waals surface area contributed by atoms with Crippen molar-refractivity contribution in [2.75, 3.05) is 13.2 Å². The first kappa shape index (κ1) is 15.4. The van der Waals surface area contributed by atoms with E-state index in [1.54, 1.807) is 0 Å². The molecule has 0 spiro atoms. The SMILES string of the molecule is C=CCCC([Se]C)P(=O)(OCC)OCC. The number of rotatable bonds is 9. The standard InChI is InChI=1S/C10H21O3PSe/c1-5-8-9-10(15-4)14(11,12-6-2)13-7-3/h5,10H,1,6-9H2,2-4H3. The van der Waals surface area contributed by atoms with Crippen molar-refractivity contribution >= 4 is 22.6 Å². The zero-order valence-corrected chi connectivity index (χ0v) is 12.4. The van der Waals surface area contributed by atoms with E-state index < -0.39 is 7.60 Å². The number of hydrogen-bond acceptors (Lipinski definition) is 3. The third-order valence-corrected chi connectivity index (χ3v) is 8.42. The Kier molecular flexibility index (Phi) is 8.78. The fourth-order valence-corrected chi connectivity index (χ4v) is 6.25. The third kappa shape index (κ3) is 5.33. The molecule has 0 heterocycles. The van der Waals surface area contributed by atoms with Gasteiger partial charge in [-0.05, 0) is 0 Å². The molecule has 0 N–H and O–H groups in total. The zero-order chi connectivity index (χ0) is 11.7. The molecule has 1 unspecified atom stereocenters. The topological polar surface area (TPSA) is 35.5 Å². The summed E-state index contributed by atoms with van der Waals surface area (Å²) in [5.41, 5.74) is 0. The normalized spacial score (nSPS) is 13.8. The summed E-state index contributed by atoms with van der Waals surface area (Å²) in [7, 11) is -2.88. The average molecular weight is 299 g/mol. The molecule has 0 fully saturated rings. The molecule has 0 aromatic rings. The van der Waals surface area contributed by atoms with Gasteiger partial charge in [-0.15, -0.1) is 0 Å². The molecule has 0 aliphatic rings. The minimum atomic E-state index is -2.88. The second-order valence-corrected chi connectivity index (χ2v) is 8.12. The van der Waals surface area contributed by atoms with E-state index in [1.165, 1.54) is 0 Å². The van der Waals surface area contributed by atoms with Gasteiger partial charge in [0.05, 0.1) is 0 Å². The summed E-state index contributed by atoms with van der Waals surface area (Å²) in [6.07, 6.45) is 3.56. The van der Waals surface area contributed by atoms with Crippen LogP contribution in [0.4, 0.5) is 0 Å². The average Bonchev–Trinajstić information content (AvgIpc) is 2.19. The summed E-state index contributed by atoms with van der Waals surface area (Å²) in [6, 6.07) is 0. The van der Waals surface area contributed by atoms with Crippen LogP contribution in [-0.4, -0.2) is 32.7 Å². The van der Waals surface area contributed by atoms with Gasteiger partial charge in [-0.2, -0.15) is 0 Å². The summed E-state index contributed by atoms with van der Waals surface area (Å²) in [5.74, 6) is 2.07. The Balaban J connectivity index is 4.52.